The number of aromatic nitrogens is 2. The Kier molecular flexibility index (Phi) is 7.36. The Balaban J connectivity index is 1.65. The van der Waals surface area contributed by atoms with Gasteiger partial charge in [0.1, 0.15) is 5.76 Å². The van der Waals surface area contributed by atoms with Crippen LogP contribution in [0, 0.1) is 5.92 Å². The predicted molar refractivity (Wildman–Crippen MR) is 108 cm³/mol. The molecule has 1 saturated heterocycles. The predicted octanol–water partition coefficient (Wildman–Crippen LogP) is 1.90. The molecule has 0 saturated carbocycles. The highest BCUT2D eigenvalue weighted by molar-refractivity contribution is 5.79. The van der Waals surface area contributed by atoms with Crippen molar-refractivity contribution < 1.29 is 13.9 Å². The Labute approximate surface area is 166 Å². The highest BCUT2D eigenvalue weighted by atomic mass is 16.5. The first-order valence-corrected chi connectivity index (χ1v) is 9.92. The van der Waals surface area contributed by atoms with E-state index >= 15 is 0 Å². The fourth-order valence-corrected chi connectivity index (χ4v) is 3.38. The minimum Gasteiger partial charge on any atom is -0.481 e. The molecule has 0 spiro atoms. The summed E-state index contributed by atoms with van der Waals surface area (Å²) in [4.78, 5) is 4.79. The highest BCUT2D eigenvalue weighted by Crippen LogP contribution is 2.22. The molecule has 1 unspecified atom stereocenters. The van der Waals surface area contributed by atoms with Crippen molar-refractivity contribution in [1.29, 1.82) is 0 Å². The largest absolute Gasteiger partial charge is 0.481 e. The molecule has 0 aromatic carbocycles. The molecule has 8 heteroatoms. The topological polar surface area (TPSA) is 85.8 Å². The van der Waals surface area contributed by atoms with Crippen LogP contribution in [0.15, 0.2) is 27.8 Å². The Morgan fingerprint density at radius 3 is 3.00 bits per heavy atom. The van der Waals surface area contributed by atoms with Crippen LogP contribution >= 0.6 is 0 Å². The smallest absolute Gasteiger partial charge is 0.216 e. The molecule has 2 aromatic heterocycles. The molecular formula is C20H31N5O3. The van der Waals surface area contributed by atoms with Crippen molar-refractivity contribution in [1.82, 2.24) is 20.4 Å². The van der Waals surface area contributed by atoms with Gasteiger partial charge in [-0.1, -0.05) is 6.92 Å². The lowest BCUT2D eigenvalue weighted by molar-refractivity contribution is 0.186. The molecule has 1 aliphatic rings. The number of methoxy groups -OCH3 is 1. The molecular weight excluding hydrogens is 358 g/mol. The highest BCUT2D eigenvalue weighted by Gasteiger charge is 2.17. The summed E-state index contributed by atoms with van der Waals surface area (Å²) in [6.07, 6.45) is 4.43. The third kappa shape index (κ3) is 5.28. The van der Waals surface area contributed by atoms with Crippen LogP contribution in [-0.2, 0) is 31.2 Å². The molecule has 28 heavy (non-hydrogen) atoms. The summed E-state index contributed by atoms with van der Waals surface area (Å²) in [5, 5.41) is 11.4. The molecule has 1 atom stereocenters. The molecule has 2 aromatic rings. The van der Waals surface area contributed by atoms with E-state index < -0.39 is 0 Å². The van der Waals surface area contributed by atoms with Gasteiger partial charge in [-0.3, -0.25) is 0 Å². The summed E-state index contributed by atoms with van der Waals surface area (Å²) in [5.41, 5.74) is 2.05. The maximum atomic E-state index is 5.52. The van der Waals surface area contributed by atoms with Crippen molar-refractivity contribution in [2.75, 3.05) is 33.4 Å². The Morgan fingerprint density at radius 2 is 2.32 bits per heavy atom. The third-order valence-corrected chi connectivity index (χ3v) is 4.92. The van der Waals surface area contributed by atoms with Crippen LogP contribution in [0.2, 0.25) is 0 Å². The summed E-state index contributed by atoms with van der Waals surface area (Å²) in [6.45, 7) is 5.84. The van der Waals surface area contributed by atoms with Crippen molar-refractivity contribution in [3.8, 4) is 5.88 Å². The molecule has 0 radical (unpaired) electrons. The number of nitrogens with one attached hydrogen (secondary N) is 2. The van der Waals surface area contributed by atoms with Crippen LogP contribution in [0.25, 0.3) is 0 Å². The summed E-state index contributed by atoms with van der Waals surface area (Å²) < 4.78 is 18.2. The fourth-order valence-electron chi connectivity index (χ4n) is 3.38. The van der Waals surface area contributed by atoms with Gasteiger partial charge in [0.2, 0.25) is 5.88 Å². The van der Waals surface area contributed by atoms with Gasteiger partial charge >= 0.3 is 0 Å². The van der Waals surface area contributed by atoms with Gasteiger partial charge in [-0.05, 0) is 25.0 Å². The van der Waals surface area contributed by atoms with Gasteiger partial charge in [-0.25, -0.2) is 9.67 Å². The fraction of sp³-hybridized carbons (Fsp3) is 0.600. The molecule has 1 aliphatic heterocycles. The zero-order valence-corrected chi connectivity index (χ0v) is 17.0. The van der Waals surface area contributed by atoms with Gasteiger partial charge < -0.3 is 24.5 Å². The normalized spacial score (nSPS) is 17.1. The van der Waals surface area contributed by atoms with Crippen molar-refractivity contribution in [3.05, 3.63) is 35.4 Å². The van der Waals surface area contributed by atoms with Gasteiger partial charge in [-0.2, -0.15) is 5.10 Å². The second-order valence-corrected chi connectivity index (χ2v) is 6.94. The molecule has 0 aliphatic carbocycles. The lowest BCUT2D eigenvalue weighted by Gasteiger charge is -2.15. The number of rotatable bonds is 9. The molecule has 8 nitrogen and oxygen atoms in total. The molecule has 0 amide bonds. The quantitative estimate of drug-likeness (QED) is 0.503. The summed E-state index contributed by atoms with van der Waals surface area (Å²) >= 11 is 0. The number of hydrogen-bond donors (Lipinski definition) is 2. The number of hydrogen-bond acceptors (Lipinski definition) is 5. The van der Waals surface area contributed by atoms with Crippen LogP contribution in [0.4, 0.5) is 0 Å². The average Bonchev–Trinajstić information content (AvgIpc) is 3.45. The van der Waals surface area contributed by atoms with Gasteiger partial charge in [-0.15, -0.1) is 0 Å². The van der Waals surface area contributed by atoms with E-state index in [0.717, 1.165) is 74.4 Å². The zero-order chi connectivity index (χ0) is 19.8. The average molecular weight is 390 g/mol. The van der Waals surface area contributed by atoms with Crippen LogP contribution in [0.5, 0.6) is 5.88 Å². The summed E-state index contributed by atoms with van der Waals surface area (Å²) in [7, 11) is 3.57. The van der Waals surface area contributed by atoms with E-state index in [2.05, 4.69) is 22.7 Å². The van der Waals surface area contributed by atoms with Crippen LogP contribution < -0.4 is 15.4 Å². The second-order valence-electron chi connectivity index (χ2n) is 6.94. The van der Waals surface area contributed by atoms with Crippen molar-refractivity contribution in [2.24, 2.45) is 18.0 Å². The number of furan rings is 1. The van der Waals surface area contributed by atoms with Gasteiger partial charge in [0.15, 0.2) is 5.96 Å². The molecule has 154 valence electrons. The van der Waals surface area contributed by atoms with Crippen LogP contribution in [0.3, 0.4) is 0 Å². The lowest BCUT2D eigenvalue weighted by atomic mass is 10.1. The molecule has 1 fully saturated rings. The number of aryl methyl sites for hydroxylation is 2. The van der Waals surface area contributed by atoms with E-state index in [9.17, 15) is 0 Å². The van der Waals surface area contributed by atoms with Crippen molar-refractivity contribution in [2.45, 2.75) is 32.7 Å². The maximum absolute atomic E-state index is 5.52. The summed E-state index contributed by atoms with van der Waals surface area (Å²) in [5.74, 6) is 3.03. The number of ether oxygens (including phenoxy) is 2. The molecule has 3 heterocycles. The first-order chi connectivity index (χ1) is 13.7. The first kappa shape index (κ1) is 20.3. The van der Waals surface area contributed by atoms with Gasteiger partial charge in [0.05, 0.1) is 37.8 Å². The molecule has 0 bridgehead atoms. The van der Waals surface area contributed by atoms with E-state index in [-0.39, 0.29) is 0 Å². The standard InChI is InChI=1S/C20H31N5O3/c1-4-18-17(19(26-3)25(2)24-18)13-23-20(22-12-15-8-11-27-14-15)21-9-7-16-6-5-10-28-16/h5-6,10,15H,4,7-9,11-14H2,1-3H3,(H2,21,22,23). The van der Waals surface area contributed by atoms with Gasteiger partial charge in [0, 0.05) is 39.1 Å². The lowest BCUT2D eigenvalue weighted by Crippen LogP contribution is -2.41. The minimum atomic E-state index is 0.511. The monoisotopic (exact) mass is 389 g/mol. The van der Waals surface area contributed by atoms with E-state index in [0.29, 0.717) is 12.5 Å². The Bertz CT molecular complexity index is 748. The van der Waals surface area contributed by atoms with E-state index in [1.54, 1.807) is 18.1 Å². The van der Waals surface area contributed by atoms with Crippen LogP contribution in [0.1, 0.15) is 30.4 Å². The molecule has 3 rings (SSSR count). The summed E-state index contributed by atoms with van der Waals surface area (Å²) in [6, 6.07) is 3.89. The number of nitrogens with zero attached hydrogens (tertiary/aromatic N) is 3. The SMILES string of the molecule is CCc1nn(C)c(OC)c1CN=C(NCCc1ccco1)NCC1CCOC1. The first-order valence-electron chi connectivity index (χ1n) is 9.92. The van der Waals surface area contributed by atoms with Crippen molar-refractivity contribution in [3.63, 3.8) is 0 Å². The van der Waals surface area contributed by atoms with Gasteiger partial charge in [0.25, 0.3) is 0 Å². The van der Waals surface area contributed by atoms with Crippen LogP contribution in [-0.4, -0.2) is 49.2 Å². The maximum Gasteiger partial charge on any atom is 0.216 e. The van der Waals surface area contributed by atoms with E-state index in [1.165, 1.54) is 0 Å². The molecule has 2 N–H and O–H groups in total. The van der Waals surface area contributed by atoms with E-state index in [1.807, 2.05) is 19.2 Å². The number of aliphatic imine (C=N–C) groups is 1. The van der Waals surface area contributed by atoms with E-state index in [4.69, 9.17) is 18.9 Å². The Morgan fingerprint density at radius 1 is 1.43 bits per heavy atom. The zero-order valence-electron chi connectivity index (χ0n) is 17.0. The number of guanidine groups is 1. The minimum absolute atomic E-state index is 0.511. The third-order valence-electron chi connectivity index (χ3n) is 4.92. The van der Waals surface area contributed by atoms with Crippen molar-refractivity contribution >= 4 is 5.96 Å². The second kappa shape index (κ2) is 10.2. The Hall–Kier alpha value is -2.48.